The Hall–Kier alpha value is -1.47. The number of para-hydroxylation sites is 1. The van der Waals surface area contributed by atoms with E-state index in [0.717, 1.165) is 32.0 Å². The van der Waals surface area contributed by atoms with E-state index in [9.17, 15) is 18.0 Å². The summed E-state index contributed by atoms with van der Waals surface area (Å²) in [5.74, 6) is -1.04. The Balaban J connectivity index is 0.00000242. The van der Waals surface area contributed by atoms with Crippen LogP contribution >= 0.6 is 12.4 Å². The van der Waals surface area contributed by atoms with Gasteiger partial charge in [0.25, 0.3) is 5.91 Å². The summed E-state index contributed by atoms with van der Waals surface area (Å²) in [4.78, 5) is 12.2. The van der Waals surface area contributed by atoms with Crippen molar-refractivity contribution in [1.29, 1.82) is 0 Å². The van der Waals surface area contributed by atoms with E-state index in [1.165, 1.54) is 18.2 Å². The molecule has 8 heteroatoms. The van der Waals surface area contributed by atoms with Crippen molar-refractivity contribution in [2.24, 2.45) is 0 Å². The van der Waals surface area contributed by atoms with E-state index >= 15 is 0 Å². The molecule has 0 aliphatic carbocycles. The van der Waals surface area contributed by atoms with Gasteiger partial charge in [-0.3, -0.25) is 4.79 Å². The number of carbonyl (C=O) groups excluding carboxylic acids is 1. The maximum absolute atomic E-state index is 12.4. The molecular formula is C14H18ClF3N2O2. The van der Waals surface area contributed by atoms with Gasteiger partial charge in [0.2, 0.25) is 0 Å². The van der Waals surface area contributed by atoms with E-state index in [4.69, 9.17) is 0 Å². The summed E-state index contributed by atoms with van der Waals surface area (Å²) in [5.41, 5.74) is -0.539. The smallest absolute Gasteiger partial charge is 0.405 e. The van der Waals surface area contributed by atoms with Crippen LogP contribution in [0.3, 0.4) is 0 Å². The van der Waals surface area contributed by atoms with Crippen molar-refractivity contribution in [1.82, 2.24) is 10.6 Å². The maximum atomic E-state index is 12.4. The van der Waals surface area contributed by atoms with Gasteiger partial charge in [-0.1, -0.05) is 12.1 Å². The van der Waals surface area contributed by atoms with Crippen LogP contribution in [0.4, 0.5) is 13.2 Å². The molecule has 0 spiro atoms. The Morgan fingerprint density at radius 2 is 1.86 bits per heavy atom. The van der Waals surface area contributed by atoms with Gasteiger partial charge in [0.15, 0.2) is 0 Å². The molecule has 0 atom stereocenters. The minimum Gasteiger partial charge on any atom is -0.405 e. The van der Waals surface area contributed by atoms with Gasteiger partial charge < -0.3 is 15.4 Å². The van der Waals surface area contributed by atoms with E-state index in [-0.39, 0.29) is 18.0 Å². The second-order valence-electron chi connectivity index (χ2n) is 5.31. The Kier molecular flexibility index (Phi) is 6.08. The Morgan fingerprint density at radius 1 is 1.27 bits per heavy atom. The Labute approximate surface area is 132 Å². The molecule has 1 saturated heterocycles. The SMILES string of the molecule is CC1(NC(=O)c2ccccc2OC(F)(F)F)CCNCC1.Cl. The highest BCUT2D eigenvalue weighted by Gasteiger charge is 2.34. The zero-order valence-electron chi connectivity index (χ0n) is 12.0. The van der Waals surface area contributed by atoms with Crippen molar-refractivity contribution in [3.05, 3.63) is 29.8 Å². The van der Waals surface area contributed by atoms with Crippen LogP contribution in [0.5, 0.6) is 5.75 Å². The highest BCUT2D eigenvalue weighted by molar-refractivity contribution is 5.97. The van der Waals surface area contributed by atoms with Crippen LogP contribution in [0, 0.1) is 0 Å². The van der Waals surface area contributed by atoms with Crippen LogP contribution < -0.4 is 15.4 Å². The van der Waals surface area contributed by atoms with Gasteiger partial charge in [0, 0.05) is 5.54 Å². The molecule has 4 nitrogen and oxygen atoms in total. The number of benzene rings is 1. The zero-order valence-corrected chi connectivity index (χ0v) is 12.8. The molecule has 1 aliphatic heterocycles. The zero-order chi connectivity index (χ0) is 15.5. The van der Waals surface area contributed by atoms with Crippen molar-refractivity contribution in [3.63, 3.8) is 0 Å². The Morgan fingerprint density at radius 3 is 2.45 bits per heavy atom. The molecule has 1 amide bonds. The highest BCUT2D eigenvalue weighted by Crippen LogP contribution is 2.27. The van der Waals surface area contributed by atoms with Crippen LogP contribution in [0.25, 0.3) is 0 Å². The first-order valence-electron chi connectivity index (χ1n) is 6.67. The highest BCUT2D eigenvalue weighted by atomic mass is 35.5. The fourth-order valence-electron chi connectivity index (χ4n) is 2.31. The second kappa shape index (κ2) is 7.19. The monoisotopic (exact) mass is 338 g/mol. The number of nitrogens with one attached hydrogen (secondary N) is 2. The lowest BCUT2D eigenvalue weighted by Gasteiger charge is -2.35. The molecular weight excluding hydrogens is 321 g/mol. The second-order valence-corrected chi connectivity index (χ2v) is 5.31. The van der Waals surface area contributed by atoms with Gasteiger partial charge in [0.1, 0.15) is 5.75 Å². The van der Waals surface area contributed by atoms with Gasteiger partial charge in [-0.25, -0.2) is 0 Å². The standard InChI is InChI=1S/C14H17F3N2O2.ClH/c1-13(6-8-18-9-7-13)19-12(20)10-4-2-3-5-11(10)21-14(15,16)17;/h2-5,18H,6-9H2,1H3,(H,19,20);1H. The molecule has 0 aromatic heterocycles. The van der Waals surface area contributed by atoms with E-state index in [1.807, 2.05) is 6.92 Å². The first-order chi connectivity index (χ1) is 9.79. The fourth-order valence-corrected chi connectivity index (χ4v) is 2.31. The van der Waals surface area contributed by atoms with Crippen molar-refractivity contribution >= 4 is 18.3 Å². The van der Waals surface area contributed by atoms with E-state index in [1.54, 1.807) is 0 Å². The molecule has 1 aliphatic rings. The number of ether oxygens (including phenoxy) is 1. The topological polar surface area (TPSA) is 50.4 Å². The normalized spacial score (nSPS) is 17.3. The molecule has 2 N–H and O–H groups in total. The van der Waals surface area contributed by atoms with Crippen LogP contribution in [-0.4, -0.2) is 30.9 Å². The number of carbonyl (C=O) groups is 1. The molecule has 0 bridgehead atoms. The summed E-state index contributed by atoms with van der Waals surface area (Å²) >= 11 is 0. The van der Waals surface area contributed by atoms with Crippen molar-refractivity contribution in [3.8, 4) is 5.75 Å². The third-order valence-corrected chi connectivity index (χ3v) is 3.48. The molecule has 2 rings (SSSR count). The molecule has 1 aromatic carbocycles. The third-order valence-electron chi connectivity index (χ3n) is 3.48. The Bertz CT molecular complexity index is 517. The first-order valence-corrected chi connectivity index (χ1v) is 6.67. The molecule has 1 fully saturated rings. The van der Waals surface area contributed by atoms with Gasteiger partial charge in [-0.05, 0) is 45.0 Å². The van der Waals surface area contributed by atoms with Crippen LogP contribution in [0.2, 0.25) is 0 Å². The number of hydrogen-bond donors (Lipinski definition) is 2. The van der Waals surface area contributed by atoms with Gasteiger partial charge >= 0.3 is 6.36 Å². The van der Waals surface area contributed by atoms with Gasteiger partial charge in [-0.15, -0.1) is 25.6 Å². The molecule has 124 valence electrons. The lowest BCUT2D eigenvalue weighted by Crippen LogP contribution is -2.52. The number of amides is 1. The number of rotatable bonds is 3. The predicted molar refractivity (Wildman–Crippen MR) is 78.3 cm³/mol. The lowest BCUT2D eigenvalue weighted by atomic mass is 9.90. The summed E-state index contributed by atoms with van der Waals surface area (Å²) in [6, 6.07) is 5.35. The summed E-state index contributed by atoms with van der Waals surface area (Å²) in [5, 5.41) is 5.98. The minimum atomic E-state index is -4.82. The van der Waals surface area contributed by atoms with E-state index < -0.39 is 23.6 Å². The molecule has 22 heavy (non-hydrogen) atoms. The number of halogens is 4. The molecule has 0 saturated carbocycles. The summed E-state index contributed by atoms with van der Waals surface area (Å²) in [6.07, 6.45) is -3.38. The number of alkyl halides is 3. The van der Waals surface area contributed by atoms with Crippen LogP contribution in [0.1, 0.15) is 30.1 Å². The molecule has 0 unspecified atom stereocenters. The van der Waals surface area contributed by atoms with Crippen molar-refractivity contribution in [2.45, 2.75) is 31.7 Å². The van der Waals surface area contributed by atoms with Crippen LogP contribution in [-0.2, 0) is 0 Å². The largest absolute Gasteiger partial charge is 0.573 e. The lowest BCUT2D eigenvalue weighted by molar-refractivity contribution is -0.274. The summed E-state index contributed by atoms with van der Waals surface area (Å²) in [6.45, 7) is 3.41. The first kappa shape index (κ1) is 18.6. The average Bonchev–Trinajstić information content (AvgIpc) is 2.37. The van der Waals surface area contributed by atoms with Crippen LogP contribution in [0.15, 0.2) is 24.3 Å². The number of piperidine rings is 1. The third kappa shape index (κ3) is 5.06. The quantitative estimate of drug-likeness (QED) is 0.891. The van der Waals surface area contributed by atoms with Gasteiger partial charge in [0.05, 0.1) is 5.56 Å². The summed E-state index contributed by atoms with van der Waals surface area (Å²) < 4.78 is 41.0. The minimum absolute atomic E-state index is 0. The molecule has 1 aromatic rings. The van der Waals surface area contributed by atoms with E-state index in [0.29, 0.717) is 0 Å². The average molecular weight is 339 g/mol. The van der Waals surface area contributed by atoms with Crippen molar-refractivity contribution < 1.29 is 22.7 Å². The summed E-state index contributed by atoms with van der Waals surface area (Å²) in [7, 11) is 0. The fraction of sp³-hybridized carbons (Fsp3) is 0.500. The predicted octanol–water partition coefficient (Wildman–Crippen LogP) is 2.88. The molecule has 1 heterocycles. The van der Waals surface area contributed by atoms with E-state index in [2.05, 4.69) is 15.4 Å². The number of hydrogen-bond acceptors (Lipinski definition) is 3. The van der Waals surface area contributed by atoms with Crippen molar-refractivity contribution in [2.75, 3.05) is 13.1 Å². The maximum Gasteiger partial charge on any atom is 0.573 e. The molecule has 0 radical (unpaired) electrons. The van der Waals surface area contributed by atoms with Gasteiger partial charge in [-0.2, -0.15) is 0 Å².